The number of carbonyl (C=O) groups excluding carboxylic acids is 1. The van der Waals surface area contributed by atoms with Crippen LogP contribution in [0.5, 0.6) is 0 Å². The van der Waals surface area contributed by atoms with Crippen LogP contribution in [0.1, 0.15) is 23.5 Å². The molecule has 0 unspecified atom stereocenters. The van der Waals surface area contributed by atoms with Crippen LogP contribution in [0.25, 0.3) is 10.1 Å². The fraction of sp³-hybridized carbons (Fsp3) is 0.286. The molecule has 19 heavy (non-hydrogen) atoms. The third kappa shape index (κ3) is 2.93. The molecule has 2 aromatic rings. The predicted molar refractivity (Wildman–Crippen MR) is 75.6 cm³/mol. The van der Waals surface area contributed by atoms with E-state index in [1.807, 2.05) is 24.3 Å². The van der Waals surface area contributed by atoms with Crippen LogP contribution in [0.2, 0.25) is 0 Å². The number of amides is 1. The number of carbonyl (C=O) groups is 2. The van der Waals surface area contributed by atoms with E-state index in [1.165, 1.54) is 11.3 Å². The van der Waals surface area contributed by atoms with Crippen molar-refractivity contribution in [3.05, 3.63) is 35.2 Å². The summed E-state index contributed by atoms with van der Waals surface area (Å²) in [5.74, 6) is -1.50. The first-order valence-corrected chi connectivity index (χ1v) is 6.83. The molecule has 0 saturated heterocycles. The minimum atomic E-state index is -1.01. The maximum atomic E-state index is 12.1. The molecular weight excluding hydrogens is 262 g/mol. The highest BCUT2D eigenvalue weighted by atomic mass is 32.1. The van der Waals surface area contributed by atoms with Gasteiger partial charge in [-0.15, -0.1) is 11.3 Å². The van der Waals surface area contributed by atoms with Crippen molar-refractivity contribution in [1.82, 2.24) is 5.32 Å². The number of hydrogen-bond acceptors (Lipinski definition) is 3. The van der Waals surface area contributed by atoms with Crippen LogP contribution in [-0.4, -0.2) is 23.0 Å². The minimum absolute atomic E-state index is 0.157. The Balaban J connectivity index is 2.21. The number of carboxylic acid groups (broad SMARTS) is 1. The van der Waals surface area contributed by atoms with E-state index < -0.39 is 12.0 Å². The highest BCUT2D eigenvalue weighted by molar-refractivity contribution is 7.20. The van der Waals surface area contributed by atoms with Crippen molar-refractivity contribution >= 4 is 33.3 Å². The average molecular weight is 277 g/mol. The quantitative estimate of drug-likeness (QED) is 0.903. The standard InChI is InChI=1S/C14H15NO3S/c1-8(2)12(14(17)18)15-13(16)11-7-9-5-3-4-6-10(9)19-11/h3-8,12H,1-2H3,(H,15,16)(H,17,18)/t12-/m0/s1. The molecule has 0 radical (unpaired) electrons. The molecule has 0 spiro atoms. The number of aliphatic carboxylic acids is 1. The first-order chi connectivity index (χ1) is 8.99. The summed E-state index contributed by atoms with van der Waals surface area (Å²) in [5.41, 5.74) is 0. The number of fused-ring (bicyclic) bond motifs is 1. The molecule has 1 aromatic heterocycles. The van der Waals surface area contributed by atoms with Crippen LogP contribution in [0.3, 0.4) is 0 Å². The summed E-state index contributed by atoms with van der Waals surface area (Å²) in [6, 6.07) is 8.61. The second kappa shape index (κ2) is 5.40. The van der Waals surface area contributed by atoms with Gasteiger partial charge in [0.05, 0.1) is 4.88 Å². The summed E-state index contributed by atoms with van der Waals surface area (Å²) >= 11 is 1.37. The Morgan fingerprint density at radius 3 is 2.53 bits per heavy atom. The van der Waals surface area contributed by atoms with Crippen LogP contribution in [0.15, 0.2) is 30.3 Å². The zero-order chi connectivity index (χ0) is 14.0. The third-order valence-corrected chi connectivity index (χ3v) is 3.98. The summed E-state index contributed by atoms with van der Waals surface area (Å²) in [7, 11) is 0. The van der Waals surface area contributed by atoms with Crippen LogP contribution in [0.4, 0.5) is 0 Å². The lowest BCUT2D eigenvalue weighted by atomic mass is 10.0. The Morgan fingerprint density at radius 2 is 1.95 bits per heavy atom. The van der Waals surface area contributed by atoms with Crippen molar-refractivity contribution in [1.29, 1.82) is 0 Å². The number of benzene rings is 1. The second-order valence-corrected chi connectivity index (χ2v) is 5.77. The van der Waals surface area contributed by atoms with E-state index in [2.05, 4.69) is 5.32 Å². The highest BCUT2D eigenvalue weighted by Crippen LogP contribution is 2.25. The van der Waals surface area contributed by atoms with Gasteiger partial charge in [0.2, 0.25) is 0 Å². The van der Waals surface area contributed by atoms with Crippen molar-refractivity contribution in [3.63, 3.8) is 0 Å². The molecule has 1 atom stereocenters. The molecule has 0 aliphatic carbocycles. The molecular formula is C14H15NO3S. The molecule has 0 aliphatic rings. The second-order valence-electron chi connectivity index (χ2n) is 4.68. The molecule has 2 rings (SSSR count). The van der Waals surface area contributed by atoms with E-state index in [4.69, 9.17) is 5.11 Å². The Hall–Kier alpha value is -1.88. The zero-order valence-corrected chi connectivity index (χ0v) is 11.5. The molecule has 0 saturated carbocycles. The lowest BCUT2D eigenvalue weighted by Crippen LogP contribution is -2.44. The smallest absolute Gasteiger partial charge is 0.326 e. The fourth-order valence-corrected chi connectivity index (χ4v) is 2.79. The van der Waals surface area contributed by atoms with Gasteiger partial charge in [-0.2, -0.15) is 0 Å². The van der Waals surface area contributed by atoms with E-state index in [9.17, 15) is 9.59 Å². The van der Waals surface area contributed by atoms with Gasteiger partial charge in [0, 0.05) is 4.70 Å². The molecule has 5 heteroatoms. The first kappa shape index (κ1) is 13.5. The summed E-state index contributed by atoms with van der Waals surface area (Å²) in [6.45, 7) is 3.54. The van der Waals surface area contributed by atoms with Crippen molar-refractivity contribution in [2.75, 3.05) is 0 Å². The number of thiophene rings is 1. The highest BCUT2D eigenvalue weighted by Gasteiger charge is 2.24. The summed E-state index contributed by atoms with van der Waals surface area (Å²) < 4.78 is 1.02. The summed E-state index contributed by atoms with van der Waals surface area (Å²) in [4.78, 5) is 23.7. The van der Waals surface area contributed by atoms with Crippen LogP contribution < -0.4 is 5.32 Å². The SMILES string of the molecule is CC(C)[C@H](NC(=O)c1cc2ccccc2s1)C(=O)O. The van der Waals surface area contributed by atoms with Gasteiger partial charge in [0.25, 0.3) is 5.91 Å². The van der Waals surface area contributed by atoms with Gasteiger partial charge in [0.1, 0.15) is 6.04 Å². The maximum absolute atomic E-state index is 12.1. The topological polar surface area (TPSA) is 66.4 Å². The lowest BCUT2D eigenvalue weighted by Gasteiger charge is -2.17. The van der Waals surface area contributed by atoms with Gasteiger partial charge in [-0.1, -0.05) is 32.0 Å². The molecule has 4 nitrogen and oxygen atoms in total. The normalized spacial score (nSPS) is 12.6. The largest absolute Gasteiger partial charge is 0.480 e. The van der Waals surface area contributed by atoms with Crippen molar-refractivity contribution < 1.29 is 14.7 Å². The van der Waals surface area contributed by atoms with Crippen LogP contribution >= 0.6 is 11.3 Å². The van der Waals surface area contributed by atoms with Crippen LogP contribution in [0, 0.1) is 5.92 Å². The molecule has 1 heterocycles. The fourth-order valence-electron chi connectivity index (χ4n) is 1.82. The molecule has 0 aliphatic heterocycles. The van der Waals surface area contributed by atoms with E-state index >= 15 is 0 Å². The van der Waals surface area contributed by atoms with E-state index in [0.29, 0.717) is 4.88 Å². The number of carboxylic acids is 1. The van der Waals surface area contributed by atoms with Crippen molar-refractivity contribution in [2.45, 2.75) is 19.9 Å². The van der Waals surface area contributed by atoms with Gasteiger partial charge < -0.3 is 10.4 Å². The minimum Gasteiger partial charge on any atom is -0.480 e. The Bertz CT molecular complexity index is 585. The maximum Gasteiger partial charge on any atom is 0.326 e. The third-order valence-electron chi connectivity index (χ3n) is 2.87. The number of hydrogen-bond donors (Lipinski definition) is 2. The molecule has 0 bridgehead atoms. The van der Waals surface area contributed by atoms with E-state index in [1.54, 1.807) is 19.9 Å². The van der Waals surface area contributed by atoms with E-state index in [0.717, 1.165) is 10.1 Å². The van der Waals surface area contributed by atoms with Gasteiger partial charge >= 0.3 is 5.97 Å². The lowest BCUT2D eigenvalue weighted by molar-refractivity contribution is -0.140. The molecule has 100 valence electrons. The monoisotopic (exact) mass is 277 g/mol. The first-order valence-electron chi connectivity index (χ1n) is 6.01. The van der Waals surface area contributed by atoms with Gasteiger partial charge in [-0.25, -0.2) is 4.79 Å². The molecule has 1 amide bonds. The Labute approximate surface area is 115 Å². The van der Waals surface area contributed by atoms with Gasteiger partial charge in [-0.05, 0) is 23.4 Å². The molecule has 2 N–H and O–H groups in total. The van der Waals surface area contributed by atoms with E-state index in [-0.39, 0.29) is 11.8 Å². The Kier molecular flexibility index (Phi) is 3.85. The van der Waals surface area contributed by atoms with Gasteiger partial charge in [0.15, 0.2) is 0 Å². The van der Waals surface area contributed by atoms with Crippen molar-refractivity contribution in [2.24, 2.45) is 5.92 Å². The summed E-state index contributed by atoms with van der Waals surface area (Å²) in [6.07, 6.45) is 0. The number of rotatable bonds is 4. The Morgan fingerprint density at radius 1 is 1.26 bits per heavy atom. The zero-order valence-electron chi connectivity index (χ0n) is 10.7. The van der Waals surface area contributed by atoms with Crippen LogP contribution in [-0.2, 0) is 4.79 Å². The number of nitrogens with one attached hydrogen (secondary N) is 1. The van der Waals surface area contributed by atoms with Gasteiger partial charge in [-0.3, -0.25) is 4.79 Å². The molecule has 1 aromatic carbocycles. The predicted octanol–water partition coefficient (Wildman–Crippen LogP) is 2.74. The molecule has 0 fully saturated rings. The summed E-state index contributed by atoms with van der Waals surface area (Å²) in [5, 5.41) is 12.6. The average Bonchev–Trinajstić information content (AvgIpc) is 2.78. The van der Waals surface area contributed by atoms with Crippen molar-refractivity contribution in [3.8, 4) is 0 Å².